The van der Waals surface area contributed by atoms with Crippen molar-refractivity contribution >= 4 is 106 Å². The molecule has 0 aliphatic heterocycles. The third-order valence-electron chi connectivity index (χ3n) is 11.4. The van der Waals surface area contributed by atoms with Gasteiger partial charge in [0.2, 0.25) is 0 Å². The van der Waals surface area contributed by atoms with Gasteiger partial charge in [0.05, 0.1) is 0 Å². The maximum atomic E-state index is 2.45. The molecule has 0 N–H and O–H groups in total. The monoisotopic (exact) mass is 718 g/mol. The van der Waals surface area contributed by atoms with Crippen LogP contribution in [0.15, 0.2) is 182 Å². The van der Waals surface area contributed by atoms with Gasteiger partial charge in [-0.2, -0.15) is 0 Å². The van der Waals surface area contributed by atoms with Crippen LogP contribution in [0.2, 0.25) is 0 Å². The largest absolute Gasteiger partial charge is 0.135 e. The van der Waals surface area contributed by atoms with E-state index in [4.69, 9.17) is 0 Å². The molecular formula is C52H30S2. The summed E-state index contributed by atoms with van der Waals surface area (Å²) in [6, 6.07) is 67.8. The van der Waals surface area contributed by atoms with Gasteiger partial charge in [0.25, 0.3) is 0 Å². The average molecular weight is 719 g/mol. The Labute approximate surface area is 319 Å². The molecule has 0 spiro atoms. The lowest BCUT2D eigenvalue weighted by Crippen LogP contribution is -1.91. The van der Waals surface area contributed by atoms with E-state index in [1.807, 2.05) is 22.7 Å². The van der Waals surface area contributed by atoms with Crippen LogP contribution in [0, 0.1) is 0 Å². The van der Waals surface area contributed by atoms with Gasteiger partial charge in [-0.1, -0.05) is 152 Å². The molecule has 12 rings (SSSR count). The number of benzene rings is 10. The van der Waals surface area contributed by atoms with Gasteiger partial charge in [0, 0.05) is 40.3 Å². The topological polar surface area (TPSA) is 0 Å². The van der Waals surface area contributed by atoms with Gasteiger partial charge in [0.1, 0.15) is 0 Å². The molecule has 10 aromatic carbocycles. The molecule has 0 amide bonds. The Bertz CT molecular complexity index is 3430. The van der Waals surface area contributed by atoms with E-state index in [2.05, 4.69) is 182 Å². The van der Waals surface area contributed by atoms with Crippen LogP contribution < -0.4 is 0 Å². The van der Waals surface area contributed by atoms with Crippen molar-refractivity contribution < 1.29 is 0 Å². The summed E-state index contributed by atoms with van der Waals surface area (Å²) in [6.07, 6.45) is 0. The second kappa shape index (κ2) is 11.6. The predicted octanol–water partition coefficient (Wildman–Crippen LogP) is 16.0. The highest BCUT2D eigenvalue weighted by atomic mass is 32.1. The van der Waals surface area contributed by atoms with Crippen LogP contribution in [-0.2, 0) is 0 Å². The lowest BCUT2D eigenvalue weighted by Gasteiger charge is -2.18. The fraction of sp³-hybridized carbons (Fsp3) is 0. The maximum Gasteiger partial charge on any atom is 0.0370 e. The molecule has 0 saturated heterocycles. The summed E-state index contributed by atoms with van der Waals surface area (Å²) in [4.78, 5) is 0. The normalized spacial score (nSPS) is 12.1. The van der Waals surface area contributed by atoms with E-state index >= 15 is 0 Å². The van der Waals surface area contributed by atoms with Crippen molar-refractivity contribution in [3.63, 3.8) is 0 Å². The fourth-order valence-corrected chi connectivity index (χ4v) is 11.4. The predicted molar refractivity (Wildman–Crippen MR) is 239 cm³/mol. The van der Waals surface area contributed by atoms with Crippen molar-refractivity contribution in [2.75, 3.05) is 0 Å². The summed E-state index contributed by atoms with van der Waals surface area (Å²) in [5.74, 6) is 0. The Kier molecular flexibility index (Phi) is 6.48. The first-order valence-electron chi connectivity index (χ1n) is 18.5. The summed E-state index contributed by atoms with van der Waals surface area (Å²) < 4.78 is 5.41. The summed E-state index contributed by atoms with van der Waals surface area (Å²) in [5, 5.41) is 15.7. The van der Waals surface area contributed by atoms with Gasteiger partial charge in [-0.3, -0.25) is 0 Å². The van der Waals surface area contributed by atoms with Crippen LogP contribution in [-0.4, -0.2) is 0 Å². The molecule has 54 heavy (non-hydrogen) atoms. The minimum atomic E-state index is 1.23. The Hall–Kier alpha value is -6.32. The molecule has 12 aromatic rings. The minimum absolute atomic E-state index is 1.23. The minimum Gasteiger partial charge on any atom is -0.135 e. The Morgan fingerprint density at radius 2 is 0.778 bits per heavy atom. The quantitative estimate of drug-likeness (QED) is 0.160. The molecule has 0 bridgehead atoms. The van der Waals surface area contributed by atoms with E-state index in [-0.39, 0.29) is 0 Å². The zero-order valence-electron chi connectivity index (χ0n) is 29.1. The fourth-order valence-electron chi connectivity index (χ4n) is 9.01. The number of fused-ring (bicyclic) bond motifs is 11. The molecule has 0 fully saturated rings. The first-order chi connectivity index (χ1) is 26.8. The smallest absolute Gasteiger partial charge is 0.0370 e. The second-order valence-corrected chi connectivity index (χ2v) is 16.5. The summed E-state index contributed by atoms with van der Waals surface area (Å²) in [7, 11) is 0. The molecule has 0 saturated carbocycles. The van der Waals surface area contributed by atoms with Crippen molar-refractivity contribution in [1.29, 1.82) is 0 Å². The molecular weight excluding hydrogens is 689 g/mol. The Morgan fingerprint density at radius 1 is 0.259 bits per heavy atom. The van der Waals surface area contributed by atoms with Crippen LogP contribution in [0.4, 0.5) is 0 Å². The van der Waals surface area contributed by atoms with Crippen LogP contribution in [0.1, 0.15) is 0 Å². The lowest BCUT2D eigenvalue weighted by atomic mass is 9.85. The molecule has 0 nitrogen and oxygen atoms in total. The van der Waals surface area contributed by atoms with Crippen LogP contribution >= 0.6 is 22.7 Å². The number of thiophene rings is 2. The number of hydrogen-bond acceptors (Lipinski definition) is 2. The first-order valence-corrected chi connectivity index (χ1v) is 20.1. The van der Waals surface area contributed by atoms with Crippen molar-refractivity contribution in [3.8, 4) is 33.4 Å². The number of hydrogen-bond donors (Lipinski definition) is 0. The van der Waals surface area contributed by atoms with E-state index in [0.29, 0.717) is 0 Å². The molecule has 2 heterocycles. The zero-order valence-corrected chi connectivity index (χ0v) is 30.8. The van der Waals surface area contributed by atoms with E-state index in [9.17, 15) is 0 Å². The molecule has 0 aliphatic rings. The third kappa shape index (κ3) is 4.42. The van der Waals surface area contributed by atoms with Crippen molar-refractivity contribution in [2.45, 2.75) is 0 Å². The molecule has 0 aliphatic carbocycles. The van der Waals surface area contributed by atoms with E-state index in [0.717, 1.165) is 0 Å². The molecule has 2 heteroatoms. The van der Waals surface area contributed by atoms with Gasteiger partial charge in [-0.15, -0.1) is 22.7 Å². The van der Waals surface area contributed by atoms with Gasteiger partial charge in [-0.25, -0.2) is 0 Å². The van der Waals surface area contributed by atoms with Crippen LogP contribution in [0.5, 0.6) is 0 Å². The molecule has 0 radical (unpaired) electrons. The van der Waals surface area contributed by atoms with Gasteiger partial charge in [0.15, 0.2) is 0 Å². The van der Waals surface area contributed by atoms with Crippen LogP contribution in [0.3, 0.4) is 0 Å². The third-order valence-corrected chi connectivity index (χ3v) is 13.7. The summed E-state index contributed by atoms with van der Waals surface area (Å²) >= 11 is 3.82. The van der Waals surface area contributed by atoms with E-state index < -0.39 is 0 Å². The van der Waals surface area contributed by atoms with Crippen molar-refractivity contribution in [2.24, 2.45) is 0 Å². The second-order valence-electron chi connectivity index (χ2n) is 14.4. The number of rotatable bonds is 3. The lowest BCUT2D eigenvalue weighted by molar-refractivity contribution is 1.64. The van der Waals surface area contributed by atoms with E-state index in [1.54, 1.807) is 0 Å². The highest BCUT2D eigenvalue weighted by Crippen LogP contribution is 2.48. The Morgan fingerprint density at radius 3 is 1.50 bits per heavy atom. The Balaban J connectivity index is 1.04. The van der Waals surface area contributed by atoms with Gasteiger partial charge >= 0.3 is 0 Å². The molecule has 0 atom stereocenters. The maximum absolute atomic E-state index is 2.45. The molecule has 2 aromatic heterocycles. The van der Waals surface area contributed by atoms with E-state index in [1.165, 1.54) is 117 Å². The molecule has 250 valence electrons. The zero-order chi connectivity index (χ0) is 35.3. The highest BCUT2D eigenvalue weighted by Gasteiger charge is 2.19. The highest BCUT2D eigenvalue weighted by molar-refractivity contribution is 7.28. The van der Waals surface area contributed by atoms with Crippen molar-refractivity contribution in [3.05, 3.63) is 182 Å². The molecule has 0 unspecified atom stereocenters. The van der Waals surface area contributed by atoms with Gasteiger partial charge in [-0.05, 0) is 107 Å². The van der Waals surface area contributed by atoms with Crippen LogP contribution in [0.25, 0.3) is 117 Å². The van der Waals surface area contributed by atoms with Crippen molar-refractivity contribution in [1.82, 2.24) is 0 Å². The SMILES string of the molecule is c1ccc2cc(-c3c4ccccc4c(-c4ccc(-c5cc6sc7cc8sc9ccccc9c8cc7c6c6ccccc56)cc4)c4ccccc34)ccc2c1. The average Bonchev–Trinajstić information content (AvgIpc) is 3.78. The summed E-state index contributed by atoms with van der Waals surface area (Å²) in [5.41, 5.74) is 7.58. The first kappa shape index (κ1) is 30.2. The van der Waals surface area contributed by atoms with Gasteiger partial charge < -0.3 is 0 Å². The summed E-state index contributed by atoms with van der Waals surface area (Å²) in [6.45, 7) is 0. The standard InChI is InChI=1S/C52H30S2/c1-2-12-34-27-35(26-21-31(34)11-1)51-41-18-7-5-16-39(41)50(40-17-6-8-19-42(40)51)33-24-22-32(23-25-33)43-29-49-52(38-15-4-3-13-36(38)43)45-28-44-37-14-9-10-20-46(37)53-47(44)30-48(45)54-49/h1-30H.